The Morgan fingerprint density at radius 2 is 2.20 bits per heavy atom. The third kappa shape index (κ3) is 2.91. The van der Waals surface area contributed by atoms with Gasteiger partial charge in [-0.05, 0) is 18.6 Å². The Morgan fingerprint density at radius 3 is 2.73 bits per heavy atom. The SMILES string of the molecule is CCP(=O)(O)Oc1c(C)cccc1C=O. The van der Waals surface area contributed by atoms with Crippen molar-refractivity contribution in [2.45, 2.75) is 13.8 Å². The highest BCUT2D eigenvalue weighted by Crippen LogP contribution is 2.43. The summed E-state index contributed by atoms with van der Waals surface area (Å²) in [4.78, 5) is 20.0. The predicted octanol–water partition coefficient (Wildman–Crippen LogP) is 2.39. The zero-order valence-corrected chi connectivity index (χ0v) is 9.53. The van der Waals surface area contributed by atoms with Gasteiger partial charge in [-0.2, -0.15) is 0 Å². The number of rotatable bonds is 4. The molecule has 0 aliphatic heterocycles. The third-order valence-electron chi connectivity index (χ3n) is 2.00. The van der Waals surface area contributed by atoms with Crippen LogP contribution in [-0.2, 0) is 4.57 Å². The van der Waals surface area contributed by atoms with Gasteiger partial charge in [0.05, 0.1) is 11.7 Å². The van der Waals surface area contributed by atoms with Gasteiger partial charge in [0.2, 0.25) is 0 Å². The molecule has 4 nitrogen and oxygen atoms in total. The maximum atomic E-state index is 11.4. The molecule has 0 aliphatic rings. The molecule has 0 radical (unpaired) electrons. The molecular weight excluding hydrogens is 215 g/mol. The summed E-state index contributed by atoms with van der Waals surface area (Å²) in [7, 11) is -3.62. The summed E-state index contributed by atoms with van der Waals surface area (Å²) in [6, 6.07) is 4.96. The number of benzene rings is 1. The highest BCUT2D eigenvalue weighted by molar-refractivity contribution is 7.53. The smallest absolute Gasteiger partial charge is 0.376 e. The number of carbonyl (C=O) groups excluding carboxylic acids is 1. The summed E-state index contributed by atoms with van der Waals surface area (Å²) in [5, 5.41) is 0. The van der Waals surface area contributed by atoms with Crippen LogP contribution in [0.1, 0.15) is 22.8 Å². The fourth-order valence-electron chi connectivity index (χ4n) is 1.10. The molecule has 1 atom stereocenters. The van der Waals surface area contributed by atoms with Crippen molar-refractivity contribution >= 4 is 13.9 Å². The van der Waals surface area contributed by atoms with Crippen LogP contribution in [0.5, 0.6) is 5.75 Å². The monoisotopic (exact) mass is 228 g/mol. The lowest BCUT2D eigenvalue weighted by atomic mass is 10.1. The number of aryl methyl sites for hydroxylation is 1. The molecule has 0 aliphatic carbocycles. The van der Waals surface area contributed by atoms with Crippen LogP contribution in [0, 0.1) is 6.92 Å². The Morgan fingerprint density at radius 1 is 1.53 bits per heavy atom. The molecule has 1 unspecified atom stereocenters. The second-order valence-electron chi connectivity index (χ2n) is 3.16. The van der Waals surface area contributed by atoms with E-state index in [0.29, 0.717) is 11.8 Å². The Labute approximate surface area is 88.4 Å². The van der Waals surface area contributed by atoms with Crippen molar-refractivity contribution in [1.29, 1.82) is 0 Å². The Balaban J connectivity index is 3.13. The van der Waals surface area contributed by atoms with Crippen molar-refractivity contribution in [2.75, 3.05) is 6.16 Å². The van der Waals surface area contributed by atoms with Crippen LogP contribution in [0.2, 0.25) is 0 Å². The number of hydrogen-bond donors (Lipinski definition) is 1. The van der Waals surface area contributed by atoms with Crippen LogP contribution in [0.25, 0.3) is 0 Å². The first-order chi connectivity index (χ1) is 7.00. The number of aldehydes is 1. The van der Waals surface area contributed by atoms with Gasteiger partial charge in [0.15, 0.2) is 6.29 Å². The summed E-state index contributed by atoms with van der Waals surface area (Å²) in [5.74, 6) is 0.195. The highest BCUT2D eigenvalue weighted by atomic mass is 31.2. The van der Waals surface area contributed by atoms with Gasteiger partial charge in [0.25, 0.3) is 0 Å². The molecule has 82 valence electrons. The molecule has 0 heterocycles. The van der Waals surface area contributed by atoms with Crippen molar-refractivity contribution in [3.05, 3.63) is 29.3 Å². The fourth-order valence-corrected chi connectivity index (χ4v) is 1.76. The molecule has 1 N–H and O–H groups in total. The summed E-state index contributed by atoms with van der Waals surface area (Å²) in [5.41, 5.74) is 0.958. The fraction of sp³-hybridized carbons (Fsp3) is 0.300. The van der Waals surface area contributed by atoms with E-state index >= 15 is 0 Å². The van der Waals surface area contributed by atoms with Crippen molar-refractivity contribution in [2.24, 2.45) is 0 Å². The van der Waals surface area contributed by atoms with E-state index in [9.17, 15) is 14.3 Å². The largest absolute Gasteiger partial charge is 0.423 e. The van der Waals surface area contributed by atoms with Crippen LogP contribution in [0.4, 0.5) is 0 Å². The highest BCUT2D eigenvalue weighted by Gasteiger charge is 2.20. The van der Waals surface area contributed by atoms with E-state index < -0.39 is 7.60 Å². The zero-order valence-electron chi connectivity index (χ0n) is 8.64. The van der Waals surface area contributed by atoms with Crippen LogP contribution >= 0.6 is 7.60 Å². The second kappa shape index (κ2) is 4.60. The average molecular weight is 228 g/mol. The number of carbonyl (C=O) groups is 1. The van der Waals surface area contributed by atoms with Gasteiger partial charge in [0.1, 0.15) is 5.75 Å². The maximum absolute atomic E-state index is 11.4. The standard InChI is InChI=1S/C10H13O4P/c1-3-15(12,13)14-10-8(2)5-4-6-9(10)7-11/h4-7H,3H2,1-2H3,(H,12,13). The first kappa shape index (κ1) is 12.0. The molecule has 0 aromatic heterocycles. The van der Waals surface area contributed by atoms with Crippen LogP contribution in [0.3, 0.4) is 0 Å². The lowest BCUT2D eigenvalue weighted by Gasteiger charge is -2.14. The molecule has 0 spiro atoms. The molecule has 0 fully saturated rings. The molecule has 0 saturated carbocycles. The molecule has 0 bridgehead atoms. The molecule has 0 amide bonds. The van der Waals surface area contributed by atoms with E-state index in [-0.39, 0.29) is 17.5 Å². The lowest BCUT2D eigenvalue weighted by Crippen LogP contribution is -1.99. The van der Waals surface area contributed by atoms with E-state index in [0.717, 1.165) is 0 Å². The second-order valence-corrected chi connectivity index (χ2v) is 5.25. The minimum Gasteiger partial charge on any atom is -0.423 e. The third-order valence-corrected chi connectivity index (χ3v) is 3.27. The average Bonchev–Trinajstić information content (AvgIpc) is 2.21. The summed E-state index contributed by atoms with van der Waals surface area (Å²) in [6.45, 7) is 3.28. The first-order valence-corrected chi connectivity index (χ1v) is 6.32. The summed E-state index contributed by atoms with van der Waals surface area (Å²) < 4.78 is 16.4. The van der Waals surface area contributed by atoms with Gasteiger partial charge in [0, 0.05) is 0 Å². The number of hydrogen-bond acceptors (Lipinski definition) is 3. The van der Waals surface area contributed by atoms with Crippen molar-refractivity contribution in [3.8, 4) is 5.75 Å². The molecule has 5 heteroatoms. The van der Waals surface area contributed by atoms with Crippen LogP contribution in [0.15, 0.2) is 18.2 Å². The Kier molecular flexibility index (Phi) is 3.66. The van der Waals surface area contributed by atoms with Gasteiger partial charge in [-0.15, -0.1) is 0 Å². The summed E-state index contributed by atoms with van der Waals surface area (Å²) >= 11 is 0. The Hall–Kier alpha value is -1.12. The minimum absolute atomic E-state index is 0.0135. The van der Waals surface area contributed by atoms with Crippen LogP contribution in [-0.4, -0.2) is 17.3 Å². The quantitative estimate of drug-likeness (QED) is 0.634. The van der Waals surface area contributed by atoms with Gasteiger partial charge in [-0.25, -0.2) is 4.57 Å². The zero-order chi connectivity index (χ0) is 11.5. The van der Waals surface area contributed by atoms with E-state index in [1.54, 1.807) is 32.0 Å². The molecule has 15 heavy (non-hydrogen) atoms. The Bertz CT molecular complexity index is 414. The normalized spacial score (nSPS) is 14.3. The van der Waals surface area contributed by atoms with Crippen molar-refractivity contribution in [1.82, 2.24) is 0 Å². The van der Waals surface area contributed by atoms with E-state index in [1.807, 2.05) is 0 Å². The van der Waals surface area contributed by atoms with Gasteiger partial charge in [-0.1, -0.05) is 19.1 Å². The topological polar surface area (TPSA) is 63.6 Å². The molecule has 0 saturated heterocycles. The van der Waals surface area contributed by atoms with Gasteiger partial charge in [-0.3, -0.25) is 4.79 Å². The predicted molar refractivity (Wildman–Crippen MR) is 57.6 cm³/mol. The minimum atomic E-state index is -3.62. The molecule has 1 rings (SSSR count). The van der Waals surface area contributed by atoms with Crippen LogP contribution < -0.4 is 4.52 Å². The van der Waals surface area contributed by atoms with E-state index in [2.05, 4.69) is 0 Å². The van der Waals surface area contributed by atoms with Gasteiger partial charge < -0.3 is 9.42 Å². The molecule has 1 aromatic rings. The maximum Gasteiger partial charge on any atom is 0.376 e. The first-order valence-electron chi connectivity index (χ1n) is 4.56. The molecular formula is C10H13O4P. The van der Waals surface area contributed by atoms with E-state index in [1.165, 1.54) is 0 Å². The number of para-hydroxylation sites is 1. The molecule has 1 aromatic carbocycles. The van der Waals surface area contributed by atoms with Crippen molar-refractivity contribution < 1.29 is 18.8 Å². The lowest BCUT2D eigenvalue weighted by molar-refractivity contribution is 0.112. The van der Waals surface area contributed by atoms with Gasteiger partial charge >= 0.3 is 7.60 Å². The summed E-state index contributed by atoms with van der Waals surface area (Å²) in [6.07, 6.45) is 0.623. The van der Waals surface area contributed by atoms with Crippen molar-refractivity contribution in [3.63, 3.8) is 0 Å². The van der Waals surface area contributed by atoms with E-state index in [4.69, 9.17) is 4.52 Å².